The Kier molecular flexibility index (Phi) is 5.39. The molecule has 25 heavy (non-hydrogen) atoms. The van der Waals surface area contributed by atoms with Crippen LogP contribution in [-0.2, 0) is 13.6 Å². The summed E-state index contributed by atoms with van der Waals surface area (Å²) in [6, 6.07) is 6.29. The Morgan fingerprint density at radius 1 is 1.16 bits per heavy atom. The Hall–Kier alpha value is -1.92. The van der Waals surface area contributed by atoms with Gasteiger partial charge < -0.3 is 10.2 Å². The SMILES string of the molecule is Cc1cccc(NC(=S)N2CCN(Cc3cn(C)nc3C)CC2)c1C. The molecule has 0 spiro atoms. The molecule has 0 unspecified atom stereocenters. The zero-order chi connectivity index (χ0) is 18.0. The van der Waals surface area contributed by atoms with Gasteiger partial charge in [-0.05, 0) is 50.2 Å². The van der Waals surface area contributed by atoms with Crippen molar-refractivity contribution in [3.63, 3.8) is 0 Å². The van der Waals surface area contributed by atoms with Crippen LogP contribution in [0.2, 0.25) is 0 Å². The van der Waals surface area contributed by atoms with Gasteiger partial charge in [0.25, 0.3) is 0 Å². The van der Waals surface area contributed by atoms with E-state index < -0.39 is 0 Å². The summed E-state index contributed by atoms with van der Waals surface area (Å²) in [5.41, 5.74) is 6.09. The fourth-order valence-corrected chi connectivity index (χ4v) is 3.53. The van der Waals surface area contributed by atoms with Gasteiger partial charge in [-0.3, -0.25) is 9.58 Å². The monoisotopic (exact) mass is 357 g/mol. The molecule has 1 saturated heterocycles. The molecule has 1 N–H and O–H groups in total. The molecule has 1 aliphatic rings. The van der Waals surface area contributed by atoms with Crippen LogP contribution in [0.1, 0.15) is 22.4 Å². The number of nitrogens with zero attached hydrogens (tertiary/aromatic N) is 4. The van der Waals surface area contributed by atoms with Crippen molar-refractivity contribution in [1.29, 1.82) is 0 Å². The molecule has 1 aromatic carbocycles. The Bertz CT molecular complexity index is 759. The molecule has 0 aliphatic carbocycles. The highest BCUT2D eigenvalue weighted by molar-refractivity contribution is 7.80. The van der Waals surface area contributed by atoms with Gasteiger partial charge in [0, 0.05) is 57.2 Å². The van der Waals surface area contributed by atoms with Crippen LogP contribution in [-0.4, -0.2) is 50.9 Å². The highest BCUT2D eigenvalue weighted by Crippen LogP contribution is 2.19. The van der Waals surface area contributed by atoms with Crippen LogP contribution in [0.3, 0.4) is 0 Å². The fraction of sp³-hybridized carbons (Fsp3) is 0.474. The molecule has 0 radical (unpaired) electrons. The third-order valence-electron chi connectivity index (χ3n) is 5.01. The number of thiocarbonyl (C=S) groups is 1. The largest absolute Gasteiger partial charge is 0.346 e. The van der Waals surface area contributed by atoms with Gasteiger partial charge in [0.05, 0.1) is 5.69 Å². The molecule has 0 atom stereocenters. The number of aromatic nitrogens is 2. The van der Waals surface area contributed by atoms with Gasteiger partial charge in [0.2, 0.25) is 0 Å². The number of hydrogen-bond acceptors (Lipinski definition) is 3. The van der Waals surface area contributed by atoms with E-state index >= 15 is 0 Å². The number of anilines is 1. The summed E-state index contributed by atoms with van der Waals surface area (Å²) in [5.74, 6) is 0. The van der Waals surface area contributed by atoms with E-state index in [2.05, 4.69) is 65.4 Å². The molecular weight excluding hydrogens is 330 g/mol. The lowest BCUT2D eigenvalue weighted by Crippen LogP contribution is -2.49. The van der Waals surface area contributed by atoms with Crippen LogP contribution in [0.4, 0.5) is 5.69 Å². The average Bonchev–Trinajstić information content (AvgIpc) is 2.90. The predicted molar refractivity (Wildman–Crippen MR) is 107 cm³/mol. The van der Waals surface area contributed by atoms with Gasteiger partial charge in [0.1, 0.15) is 0 Å². The van der Waals surface area contributed by atoms with Crippen molar-refractivity contribution in [2.45, 2.75) is 27.3 Å². The Morgan fingerprint density at radius 3 is 2.52 bits per heavy atom. The van der Waals surface area contributed by atoms with Crippen LogP contribution >= 0.6 is 12.2 Å². The zero-order valence-corrected chi connectivity index (χ0v) is 16.4. The van der Waals surface area contributed by atoms with Crippen molar-refractivity contribution in [3.8, 4) is 0 Å². The van der Waals surface area contributed by atoms with E-state index in [9.17, 15) is 0 Å². The molecule has 1 fully saturated rings. The summed E-state index contributed by atoms with van der Waals surface area (Å²) in [6.07, 6.45) is 2.12. The highest BCUT2D eigenvalue weighted by Gasteiger charge is 2.20. The van der Waals surface area contributed by atoms with Gasteiger partial charge in [0.15, 0.2) is 5.11 Å². The highest BCUT2D eigenvalue weighted by atomic mass is 32.1. The lowest BCUT2D eigenvalue weighted by Gasteiger charge is -2.36. The molecule has 1 aromatic heterocycles. The van der Waals surface area contributed by atoms with E-state index in [-0.39, 0.29) is 0 Å². The summed E-state index contributed by atoms with van der Waals surface area (Å²) in [7, 11) is 1.98. The van der Waals surface area contributed by atoms with Gasteiger partial charge in [-0.15, -0.1) is 0 Å². The smallest absolute Gasteiger partial charge is 0.173 e. The number of benzene rings is 1. The first kappa shape index (κ1) is 17.9. The second-order valence-electron chi connectivity index (χ2n) is 6.85. The molecule has 2 heterocycles. The summed E-state index contributed by atoms with van der Waals surface area (Å²) in [4.78, 5) is 4.74. The predicted octanol–water partition coefficient (Wildman–Crippen LogP) is 2.86. The number of hydrogen-bond donors (Lipinski definition) is 1. The van der Waals surface area contributed by atoms with E-state index in [1.165, 1.54) is 16.7 Å². The van der Waals surface area contributed by atoms with Crippen LogP contribution < -0.4 is 5.32 Å². The van der Waals surface area contributed by atoms with Crippen LogP contribution in [0.15, 0.2) is 24.4 Å². The van der Waals surface area contributed by atoms with Gasteiger partial charge in [-0.1, -0.05) is 12.1 Å². The Morgan fingerprint density at radius 2 is 1.88 bits per heavy atom. The fourth-order valence-electron chi connectivity index (χ4n) is 3.23. The third kappa shape index (κ3) is 4.19. The quantitative estimate of drug-likeness (QED) is 0.855. The second kappa shape index (κ2) is 7.54. The average molecular weight is 358 g/mol. The van der Waals surface area contributed by atoms with Gasteiger partial charge in [-0.2, -0.15) is 5.10 Å². The maximum absolute atomic E-state index is 5.63. The summed E-state index contributed by atoms with van der Waals surface area (Å²) >= 11 is 5.63. The summed E-state index contributed by atoms with van der Waals surface area (Å²) in [6.45, 7) is 11.2. The molecule has 2 aromatic rings. The minimum absolute atomic E-state index is 0.825. The summed E-state index contributed by atoms with van der Waals surface area (Å²) < 4.78 is 1.89. The number of aryl methyl sites for hydroxylation is 3. The van der Waals surface area contributed by atoms with Crippen LogP contribution in [0.25, 0.3) is 0 Å². The maximum atomic E-state index is 5.63. The first-order chi connectivity index (χ1) is 11.9. The molecule has 0 amide bonds. The normalized spacial score (nSPS) is 15.4. The first-order valence-corrected chi connectivity index (χ1v) is 9.18. The molecule has 0 saturated carbocycles. The molecule has 5 nitrogen and oxygen atoms in total. The van der Waals surface area contributed by atoms with E-state index in [0.717, 1.165) is 49.2 Å². The van der Waals surface area contributed by atoms with Crippen LogP contribution in [0.5, 0.6) is 0 Å². The lowest BCUT2D eigenvalue weighted by molar-refractivity contribution is 0.176. The lowest BCUT2D eigenvalue weighted by atomic mass is 10.1. The molecule has 6 heteroatoms. The molecule has 134 valence electrons. The number of nitrogens with one attached hydrogen (secondary N) is 1. The minimum atomic E-state index is 0.825. The van der Waals surface area contributed by atoms with Gasteiger partial charge in [-0.25, -0.2) is 0 Å². The van der Waals surface area contributed by atoms with E-state index in [1.54, 1.807) is 0 Å². The van der Waals surface area contributed by atoms with Crippen molar-refractivity contribution in [2.24, 2.45) is 7.05 Å². The van der Waals surface area contributed by atoms with Crippen molar-refractivity contribution < 1.29 is 0 Å². The van der Waals surface area contributed by atoms with Gasteiger partial charge >= 0.3 is 0 Å². The minimum Gasteiger partial charge on any atom is -0.346 e. The zero-order valence-electron chi connectivity index (χ0n) is 15.5. The summed E-state index contributed by atoms with van der Waals surface area (Å²) in [5, 5.41) is 8.68. The molecule has 3 rings (SSSR count). The van der Waals surface area contributed by atoms with Crippen molar-refractivity contribution in [1.82, 2.24) is 19.6 Å². The molecule has 0 bridgehead atoms. The second-order valence-corrected chi connectivity index (χ2v) is 7.24. The maximum Gasteiger partial charge on any atom is 0.173 e. The van der Waals surface area contributed by atoms with E-state index in [0.29, 0.717) is 0 Å². The topological polar surface area (TPSA) is 36.3 Å². The Balaban J connectivity index is 1.54. The Labute approximate surface area is 155 Å². The van der Waals surface area contributed by atoms with Crippen molar-refractivity contribution in [3.05, 3.63) is 46.8 Å². The molecule has 1 aliphatic heterocycles. The third-order valence-corrected chi connectivity index (χ3v) is 5.38. The number of piperazine rings is 1. The van der Waals surface area contributed by atoms with Crippen molar-refractivity contribution >= 4 is 23.0 Å². The first-order valence-electron chi connectivity index (χ1n) is 8.77. The van der Waals surface area contributed by atoms with E-state index in [4.69, 9.17) is 12.2 Å². The number of rotatable bonds is 3. The van der Waals surface area contributed by atoms with E-state index in [1.807, 2.05) is 11.7 Å². The standard InChI is InChI=1S/C19H27N5S/c1-14-6-5-7-18(15(14)2)20-19(25)24-10-8-23(9-11-24)13-17-12-22(4)21-16(17)3/h5-7,12H,8-11,13H2,1-4H3,(H,20,25). The van der Waals surface area contributed by atoms with Crippen LogP contribution in [0, 0.1) is 20.8 Å². The van der Waals surface area contributed by atoms with Crippen molar-refractivity contribution in [2.75, 3.05) is 31.5 Å². The molecular formula is C19H27N5S.